The molecule has 1 aromatic heterocycles. The minimum Gasteiger partial charge on any atom is -0.336 e. The monoisotopic (exact) mass is 175 g/mol. The van der Waals surface area contributed by atoms with Gasteiger partial charge in [-0.05, 0) is 0 Å². The van der Waals surface area contributed by atoms with E-state index in [4.69, 9.17) is 5.14 Å². The van der Waals surface area contributed by atoms with Gasteiger partial charge in [-0.3, -0.25) is 0 Å². The summed E-state index contributed by atoms with van der Waals surface area (Å²) in [6, 6.07) is 0. The molecule has 0 saturated carbocycles. The number of aryl methyl sites for hydroxylation is 1. The molecule has 0 aliphatic rings. The molecule has 62 valence electrons. The molecule has 0 unspecified atom stereocenters. The van der Waals surface area contributed by atoms with Crippen molar-refractivity contribution in [2.45, 2.75) is 6.54 Å². The summed E-state index contributed by atoms with van der Waals surface area (Å²) >= 11 is 0. The predicted octanol–water partition coefficient (Wildman–Crippen LogP) is -0.828. The number of imidazole rings is 1. The normalized spacial score (nSPS) is 11.7. The zero-order valence-corrected chi connectivity index (χ0v) is 6.66. The van der Waals surface area contributed by atoms with Crippen molar-refractivity contribution in [3.8, 4) is 0 Å². The Morgan fingerprint density at radius 3 is 2.73 bits per heavy atom. The topological polar surface area (TPSA) is 78.0 Å². The molecule has 0 bridgehead atoms. The van der Waals surface area contributed by atoms with E-state index in [2.05, 4.69) is 4.98 Å². The number of sulfonamides is 1. The van der Waals surface area contributed by atoms with Gasteiger partial charge in [-0.2, -0.15) is 0 Å². The summed E-state index contributed by atoms with van der Waals surface area (Å²) < 4.78 is 22.6. The van der Waals surface area contributed by atoms with Crippen LogP contribution in [0.4, 0.5) is 0 Å². The second-order valence-corrected chi connectivity index (χ2v) is 3.90. The molecule has 0 aliphatic heterocycles. The highest BCUT2D eigenvalue weighted by atomic mass is 32.2. The zero-order valence-electron chi connectivity index (χ0n) is 5.84. The third-order valence-electron chi connectivity index (χ3n) is 1.19. The standard InChI is InChI=1S/C5H9N3O2S/c6-11(9,10)4-3-8-2-1-7-5-8/h1-2,5H,3-4H2,(H2,6,9,10). The van der Waals surface area contributed by atoms with Gasteiger partial charge in [-0.25, -0.2) is 18.5 Å². The van der Waals surface area contributed by atoms with Crippen molar-refractivity contribution >= 4 is 10.0 Å². The van der Waals surface area contributed by atoms with Crippen LogP contribution in [0.1, 0.15) is 0 Å². The highest BCUT2D eigenvalue weighted by Gasteiger charge is 2.01. The average Bonchev–Trinajstić information content (AvgIpc) is 2.32. The molecule has 0 radical (unpaired) electrons. The maximum absolute atomic E-state index is 10.5. The van der Waals surface area contributed by atoms with Crippen molar-refractivity contribution in [3.05, 3.63) is 18.7 Å². The van der Waals surface area contributed by atoms with Gasteiger partial charge in [-0.15, -0.1) is 0 Å². The van der Waals surface area contributed by atoms with E-state index < -0.39 is 10.0 Å². The number of hydrogen-bond donors (Lipinski definition) is 1. The Balaban J connectivity index is 2.48. The molecule has 1 rings (SSSR count). The molecular formula is C5H9N3O2S. The van der Waals surface area contributed by atoms with Gasteiger partial charge in [0, 0.05) is 18.9 Å². The van der Waals surface area contributed by atoms with Crippen LogP contribution >= 0.6 is 0 Å². The number of nitrogens with zero attached hydrogens (tertiary/aromatic N) is 2. The quantitative estimate of drug-likeness (QED) is 0.651. The third kappa shape index (κ3) is 3.15. The minimum absolute atomic E-state index is 0.0522. The van der Waals surface area contributed by atoms with Gasteiger partial charge >= 0.3 is 0 Å². The van der Waals surface area contributed by atoms with Crippen LogP contribution in [0.2, 0.25) is 0 Å². The van der Waals surface area contributed by atoms with Crippen molar-refractivity contribution in [3.63, 3.8) is 0 Å². The van der Waals surface area contributed by atoms with E-state index in [1.54, 1.807) is 23.3 Å². The molecule has 11 heavy (non-hydrogen) atoms. The lowest BCUT2D eigenvalue weighted by atomic mass is 10.7. The number of hydrogen-bond acceptors (Lipinski definition) is 3. The molecule has 0 aromatic carbocycles. The van der Waals surface area contributed by atoms with Gasteiger partial charge in [0.1, 0.15) is 0 Å². The SMILES string of the molecule is NS(=O)(=O)CCn1ccnc1. The second-order valence-electron chi connectivity index (χ2n) is 2.17. The molecule has 0 spiro atoms. The van der Waals surface area contributed by atoms with Crippen LogP contribution in [0.25, 0.3) is 0 Å². The van der Waals surface area contributed by atoms with Crippen LogP contribution in [0.5, 0.6) is 0 Å². The smallest absolute Gasteiger partial charge is 0.210 e. The van der Waals surface area contributed by atoms with Gasteiger partial charge in [0.15, 0.2) is 0 Å². The van der Waals surface area contributed by atoms with Crippen LogP contribution in [0.15, 0.2) is 18.7 Å². The molecular weight excluding hydrogens is 166 g/mol. The molecule has 1 aromatic rings. The molecule has 0 atom stereocenters. The molecule has 0 saturated heterocycles. The molecule has 0 amide bonds. The Kier molecular flexibility index (Phi) is 2.25. The number of rotatable bonds is 3. The van der Waals surface area contributed by atoms with Crippen LogP contribution < -0.4 is 5.14 Å². The molecule has 5 nitrogen and oxygen atoms in total. The van der Waals surface area contributed by atoms with Crippen molar-refractivity contribution in [1.29, 1.82) is 0 Å². The Bertz CT molecular complexity index is 302. The Hall–Kier alpha value is -0.880. The summed E-state index contributed by atoms with van der Waals surface area (Å²) in [7, 11) is -3.35. The van der Waals surface area contributed by atoms with Crippen LogP contribution in [0, 0.1) is 0 Å². The Morgan fingerprint density at radius 1 is 1.55 bits per heavy atom. The van der Waals surface area contributed by atoms with Gasteiger partial charge < -0.3 is 4.57 Å². The van der Waals surface area contributed by atoms with E-state index in [0.717, 1.165) is 0 Å². The van der Waals surface area contributed by atoms with Crippen molar-refractivity contribution < 1.29 is 8.42 Å². The third-order valence-corrected chi connectivity index (χ3v) is 1.94. The fraction of sp³-hybridized carbons (Fsp3) is 0.400. The van der Waals surface area contributed by atoms with E-state index in [-0.39, 0.29) is 5.75 Å². The molecule has 2 N–H and O–H groups in total. The fourth-order valence-electron chi connectivity index (χ4n) is 0.652. The first-order chi connectivity index (χ1) is 5.08. The van der Waals surface area contributed by atoms with E-state index in [9.17, 15) is 8.42 Å². The van der Waals surface area contributed by atoms with Gasteiger partial charge in [0.2, 0.25) is 10.0 Å². The van der Waals surface area contributed by atoms with E-state index >= 15 is 0 Å². The van der Waals surface area contributed by atoms with Gasteiger partial charge in [0.05, 0.1) is 12.1 Å². The largest absolute Gasteiger partial charge is 0.336 e. The fourth-order valence-corrected chi connectivity index (χ4v) is 1.12. The maximum atomic E-state index is 10.5. The number of nitrogens with two attached hydrogens (primary N) is 1. The average molecular weight is 175 g/mol. The van der Waals surface area contributed by atoms with Crippen molar-refractivity contribution in [1.82, 2.24) is 9.55 Å². The van der Waals surface area contributed by atoms with Crippen LogP contribution in [-0.4, -0.2) is 23.7 Å². The lowest BCUT2D eigenvalue weighted by molar-refractivity contribution is 0.590. The lowest BCUT2D eigenvalue weighted by Crippen LogP contribution is -2.19. The molecule has 0 fully saturated rings. The molecule has 0 aliphatic carbocycles. The summed E-state index contributed by atoms with van der Waals surface area (Å²) in [5.74, 6) is -0.0522. The van der Waals surface area contributed by atoms with E-state index in [1.165, 1.54) is 0 Å². The summed E-state index contributed by atoms with van der Waals surface area (Å²) in [6.45, 7) is 0.360. The lowest BCUT2D eigenvalue weighted by Gasteiger charge is -1.98. The zero-order chi connectivity index (χ0) is 8.32. The molecule has 6 heteroatoms. The molecule has 1 heterocycles. The van der Waals surface area contributed by atoms with E-state index in [0.29, 0.717) is 6.54 Å². The predicted molar refractivity (Wildman–Crippen MR) is 40.2 cm³/mol. The summed E-state index contributed by atoms with van der Waals surface area (Å²) in [4.78, 5) is 3.75. The van der Waals surface area contributed by atoms with Crippen molar-refractivity contribution in [2.24, 2.45) is 5.14 Å². The first kappa shape index (κ1) is 8.22. The maximum Gasteiger partial charge on any atom is 0.210 e. The Morgan fingerprint density at radius 2 is 2.27 bits per heavy atom. The number of aromatic nitrogens is 2. The first-order valence-electron chi connectivity index (χ1n) is 3.04. The van der Waals surface area contributed by atoms with Crippen LogP contribution in [-0.2, 0) is 16.6 Å². The summed E-state index contributed by atoms with van der Waals surface area (Å²) in [5, 5.41) is 4.79. The van der Waals surface area contributed by atoms with Crippen molar-refractivity contribution in [2.75, 3.05) is 5.75 Å². The number of primary sulfonamides is 1. The highest BCUT2D eigenvalue weighted by Crippen LogP contribution is 1.87. The minimum atomic E-state index is -3.35. The first-order valence-corrected chi connectivity index (χ1v) is 4.76. The highest BCUT2D eigenvalue weighted by molar-refractivity contribution is 7.89. The summed E-state index contributed by atoms with van der Waals surface area (Å²) in [5.41, 5.74) is 0. The van der Waals surface area contributed by atoms with Gasteiger partial charge in [-0.1, -0.05) is 0 Å². The summed E-state index contributed by atoms with van der Waals surface area (Å²) in [6.07, 6.45) is 4.82. The second kappa shape index (κ2) is 3.02. The van der Waals surface area contributed by atoms with E-state index in [1.807, 2.05) is 0 Å². The Labute approximate surface area is 64.9 Å². The van der Waals surface area contributed by atoms with Gasteiger partial charge in [0.25, 0.3) is 0 Å². The van der Waals surface area contributed by atoms with Crippen LogP contribution in [0.3, 0.4) is 0 Å².